The molecule has 4 rings (SSSR count). The van der Waals surface area contributed by atoms with Crippen LogP contribution < -0.4 is 0 Å². The zero-order chi connectivity index (χ0) is 15.3. The molecule has 0 heterocycles. The number of allylic oxidation sites excluding steroid dienone is 2. The Morgan fingerprint density at radius 1 is 0.810 bits per heavy atom. The summed E-state index contributed by atoms with van der Waals surface area (Å²) in [6.45, 7) is 19.2. The molecule has 1 heteroatoms. The monoisotopic (exact) mass is 334 g/mol. The van der Waals surface area contributed by atoms with Crippen molar-refractivity contribution in [3.63, 3.8) is 0 Å². The molecule has 4 saturated carbocycles. The molecule has 112 valence electrons. The Morgan fingerprint density at radius 2 is 1.19 bits per heavy atom. The van der Waals surface area contributed by atoms with Crippen molar-refractivity contribution in [1.29, 1.82) is 0 Å². The van der Waals surface area contributed by atoms with Gasteiger partial charge in [-0.3, -0.25) is 0 Å². The molecule has 0 aliphatic heterocycles. The van der Waals surface area contributed by atoms with Crippen LogP contribution in [0, 0.1) is 22.7 Å². The second kappa shape index (κ2) is 3.95. The summed E-state index contributed by atoms with van der Waals surface area (Å²) in [5.41, 5.74) is 4.09. The van der Waals surface area contributed by atoms with Gasteiger partial charge in [0.05, 0.1) is 0 Å². The van der Waals surface area contributed by atoms with Crippen molar-refractivity contribution in [3.05, 3.63) is 24.3 Å². The minimum absolute atomic E-state index is 0.433. The summed E-state index contributed by atoms with van der Waals surface area (Å²) in [4.78, 5) is 0. The van der Waals surface area contributed by atoms with Crippen LogP contribution in [0.5, 0.6) is 0 Å². The molecule has 0 aromatic heterocycles. The molecule has 4 fully saturated rings. The van der Waals surface area contributed by atoms with Gasteiger partial charge < -0.3 is 0 Å². The fourth-order valence-electron chi connectivity index (χ4n) is 7.10. The minimum atomic E-state index is -0.718. The predicted molar refractivity (Wildman–Crippen MR) is 85.9 cm³/mol. The van der Waals surface area contributed by atoms with Crippen LogP contribution in [-0.2, 0) is 17.1 Å². The van der Waals surface area contributed by atoms with Gasteiger partial charge in [-0.2, -0.15) is 0 Å². The van der Waals surface area contributed by atoms with E-state index in [9.17, 15) is 0 Å². The van der Waals surface area contributed by atoms with Crippen LogP contribution in [0.2, 0.25) is 8.02 Å². The van der Waals surface area contributed by atoms with Crippen molar-refractivity contribution >= 4 is 0 Å². The Hall–Kier alpha value is 0.103. The van der Waals surface area contributed by atoms with Gasteiger partial charge in [0, 0.05) is 0 Å². The maximum atomic E-state index is 4.53. The molecule has 0 nitrogen and oxygen atoms in total. The molecular weight excluding hydrogens is 306 g/mol. The molecule has 4 bridgehead atoms. The second-order valence-electron chi connectivity index (χ2n) is 9.92. The summed E-state index contributed by atoms with van der Waals surface area (Å²) in [6, 6.07) is 0. The Morgan fingerprint density at radius 3 is 1.48 bits per heavy atom. The topological polar surface area (TPSA) is 0 Å². The molecule has 0 N–H and O–H groups in total. The van der Waals surface area contributed by atoms with E-state index >= 15 is 0 Å². The molecule has 0 radical (unpaired) electrons. The quantitative estimate of drug-likeness (QED) is 0.417. The molecular formula is C20H30Zn. The van der Waals surface area contributed by atoms with E-state index in [1.807, 2.05) is 0 Å². The van der Waals surface area contributed by atoms with Crippen LogP contribution >= 0.6 is 0 Å². The van der Waals surface area contributed by atoms with Gasteiger partial charge in [-0.25, -0.2) is 0 Å². The summed E-state index contributed by atoms with van der Waals surface area (Å²) in [5.74, 6) is 1.74. The molecule has 4 atom stereocenters. The van der Waals surface area contributed by atoms with E-state index in [2.05, 4.69) is 40.9 Å². The van der Waals surface area contributed by atoms with Crippen LogP contribution in [-0.4, -0.2) is 0 Å². The van der Waals surface area contributed by atoms with Gasteiger partial charge >= 0.3 is 138 Å². The first-order chi connectivity index (χ1) is 9.65. The number of rotatable bonds is 2. The van der Waals surface area contributed by atoms with Crippen LogP contribution in [0.3, 0.4) is 0 Å². The van der Waals surface area contributed by atoms with E-state index in [0.29, 0.717) is 10.8 Å². The van der Waals surface area contributed by atoms with Gasteiger partial charge in [0.1, 0.15) is 0 Å². The van der Waals surface area contributed by atoms with Crippen LogP contribution in [0.1, 0.15) is 66.2 Å². The van der Waals surface area contributed by atoms with Crippen molar-refractivity contribution in [2.45, 2.75) is 74.2 Å². The Labute approximate surface area is 138 Å². The molecule has 0 amide bonds. The van der Waals surface area contributed by atoms with E-state index in [1.165, 1.54) is 38.5 Å². The van der Waals surface area contributed by atoms with Crippen molar-refractivity contribution in [2.75, 3.05) is 0 Å². The summed E-state index contributed by atoms with van der Waals surface area (Å²) < 4.78 is 1.44. The molecule has 4 unspecified atom stereocenters. The fourth-order valence-corrected chi connectivity index (χ4v) is 16.3. The van der Waals surface area contributed by atoms with Crippen molar-refractivity contribution in [3.8, 4) is 0 Å². The maximum absolute atomic E-state index is 4.53. The number of fused-ring (bicyclic) bond motifs is 4. The van der Waals surface area contributed by atoms with Gasteiger partial charge in [-0.15, -0.1) is 0 Å². The zero-order valence-corrected chi connectivity index (χ0v) is 17.5. The standard InChI is InChI=1S/2C10H15.Zn/c2*1-7-8-4-5-9(6-8)10(7,2)3;/h2*8H,1,4-6H2,2-3H3;. The molecule has 21 heavy (non-hydrogen) atoms. The first-order valence-electron chi connectivity index (χ1n) is 9.04. The normalized spacial score (nSPS) is 49.0. The molecule has 0 spiro atoms. The van der Waals surface area contributed by atoms with Crippen LogP contribution in [0.15, 0.2) is 24.3 Å². The third kappa shape index (κ3) is 1.51. The second-order valence-corrected chi connectivity index (χ2v) is 16.3. The van der Waals surface area contributed by atoms with Gasteiger partial charge in [0.2, 0.25) is 0 Å². The van der Waals surface area contributed by atoms with E-state index < -0.39 is 17.1 Å². The van der Waals surface area contributed by atoms with E-state index in [0.717, 1.165) is 19.9 Å². The first-order valence-corrected chi connectivity index (χ1v) is 12.0. The molecule has 4 aliphatic rings. The Balaban J connectivity index is 1.73. The molecule has 0 saturated heterocycles. The number of hydrogen-bond acceptors (Lipinski definition) is 0. The van der Waals surface area contributed by atoms with E-state index in [-0.39, 0.29) is 0 Å². The van der Waals surface area contributed by atoms with Crippen molar-refractivity contribution in [1.82, 2.24) is 0 Å². The average Bonchev–Trinajstić information content (AvgIpc) is 3.09. The average molecular weight is 336 g/mol. The van der Waals surface area contributed by atoms with Gasteiger partial charge in [-0.1, -0.05) is 0 Å². The Bertz CT molecular complexity index is 492. The molecule has 4 aliphatic carbocycles. The summed E-state index contributed by atoms with van der Waals surface area (Å²) >= 11 is -0.718. The third-order valence-corrected chi connectivity index (χ3v) is 18.4. The van der Waals surface area contributed by atoms with E-state index in [1.54, 1.807) is 11.1 Å². The van der Waals surface area contributed by atoms with Crippen LogP contribution in [0.4, 0.5) is 0 Å². The van der Waals surface area contributed by atoms with Crippen molar-refractivity contribution in [2.24, 2.45) is 22.7 Å². The third-order valence-electron chi connectivity index (χ3n) is 9.14. The Kier molecular flexibility index (Phi) is 2.76. The molecule has 0 aromatic rings. The number of hydrogen-bond donors (Lipinski definition) is 0. The fraction of sp³-hybridized carbons (Fsp3) is 0.800. The molecule has 0 aromatic carbocycles. The van der Waals surface area contributed by atoms with Crippen molar-refractivity contribution < 1.29 is 17.1 Å². The van der Waals surface area contributed by atoms with Gasteiger partial charge in [0.25, 0.3) is 0 Å². The predicted octanol–water partition coefficient (Wildman–Crippen LogP) is 6.18. The van der Waals surface area contributed by atoms with Crippen LogP contribution in [0.25, 0.3) is 0 Å². The summed E-state index contributed by atoms with van der Waals surface area (Å²) in [7, 11) is 0. The summed E-state index contributed by atoms with van der Waals surface area (Å²) in [5, 5.41) is 0. The zero-order valence-electron chi connectivity index (χ0n) is 14.5. The summed E-state index contributed by atoms with van der Waals surface area (Å²) in [6.07, 6.45) is 8.97. The van der Waals surface area contributed by atoms with E-state index in [4.69, 9.17) is 0 Å². The first kappa shape index (κ1) is 14.7. The SMILES string of the molecule is C=C1C2CC[C]([Zn][C]34CCC(C3)C(=C)C4(C)C)(C2)C1(C)C. The van der Waals surface area contributed by atoms with Gasteiger partial charge in [0.15, 0.2) is 0 Å². The van der Waals surface area contributed by atoms with Gasteiger partial charge in [-0.05, 0) is 0 Å².